The molecule has 94 valence electrons. The second kappa shape index (κ2) is 5.00. The van der Waals surface area contributed by atoms with Crippen LogP contribution in [0.2, 0.25) is 0 Å². The van der Waals surface area contributed by atoms with E-state index in [9.17, 15) is 18.9 Å². The maximum absolute atomic E-state index is 12.7. The molecule has 0 unspecified atom stereocenters. The van der Waals surface area contributed by atoms with Crippen LogP contribution in [0.15, 0.2) is 12.3 Å². The Bertz CT molecular complexity index is 426. The van der Waals surface area contributed by atoms with Crippen LogP contribution in [0, 0.1) is 17.0 Å². The van der Waals surface area contributed by atoms with E-state index in [0.717, 1.165) is 6.07 Å². The Hall–Kier alpha value is -1.83. The zero-order valence-electron chi connectivity index (χ0n) is 8.98. The normalized spacial score (nSPS) is 11.3. The van der Waals surface area contributed by atoms with Gasteiger partial charge in [0.2, 0.25) is 0 Å². The Labute approximate surface area is 95.4 Å². The number of aliphatic hydroxyl groups excluding tert-OH is 1. The molecule has 6 nitrogen and oxygen atoms in total. The highest BCUT2D eigenvalue weighted by Gasteiger charge is 2.27. The van der Waals surface area contributed by atoms with Crippen molar-refractivity contribution in [1.29, 1.82) is 0 Å². The third kappa shape index (κ3) is 3.59. The van der Waals surface area contributed by atoms with Crippen molar-refractivity contribution in [3.8, 4) is 0 Å². The lowest BCUT2D eigenvalue weighted by molar-refractivity contribution is -0.385. The van der Waals surface area contributed by atoms with E-state index in [1.54, 1.807) is 0 Å². The van der Waals surface area contributed by atoms with Crippen molar-refractivity contribution in [2.75, 3.05) is 18.5 Å². The molecule has 0 bridgehead atoms. The van der Waals surface area contributed by atoms with Crippen LogP contribution in [0.5, 0.6) is 0 Å². The Balaban J connectivity index is 2.80. The molecule has 0 aliphatic heterocycles. The minimum atomic E-state index is -3.29. The van der Waals surface area contributed by atoms with Crippen LogP contribution in [-0.2, 0) is 0 Å². The maximum atomic E-state index is 12.7. The number of rotatable bonds is 5. The van der Waals surface area contributed by atoms with Crippen LogP contribution >= 0.6 is 0 Å². The van der Waals surface area contributed by atoms with Gasteiger partial charge in [0.25, 0.3) is 11.6 Å². The maximum Gasteiger partial charge on any atom is 0.287 e. The first-order valence-corrected chi connectivity index (χ1v) is 4.69. The van der Waals surface area contributed by atoms with Gasteiger partial charge in [0.15, 0.2) is 0 Å². The number of anilines is 1. The molecule has 17 heavy (non-hydrogen) atoms. The number of nitro groups is 1. The van der Waals surface area contributed by atoms with Gasteiger partial charge in [-0.1, -0.05) is 0 Å². The van der Waals surface area contributed by atoms with Gasteiger partial charge >= 0.3 is 0 Å². The molecule has 0 saturated carbocycles. The van der Waals surface area contributed by atoms with Crippen LogP contribution in [0.25, 0.3) is 0 Å². The highest BCUT2D eigenvalue weighted by atomic mass is 19.3. The van der Waals surface area contributed by atoms with Gasteiger partial charge in [-0.05, 0) is 6.92 Å². The molecule has 1 rings (SSSR count). The Kier molecular flexibility index (Phi) is 3.89. The lowest BCUT2D eigenvalue weighted by atomic mass is 10.2. The molecule has 1 heterocycles. The number of aryl methyl sites for hydroxylation is 1. The summed E-state index contributed by atoms with van der Waals surface area (Å²) in [4.78, 5) is 13.7. The summed E-state index contributed by atoms with van der Waals surface area (Å²) in [5.74, 6) is -3.32. The number of aliphatic hydroxyl groups is 1. The average Bonchev–Trinajstić information content (AvgIpc) is 2.27. The monoisotopic (exact) mass is 247 g/mol. The third-order valence-corrected chi connectivity index (χ3v) is 2.03. The number of alkyl halides is 2. The summed E-state index contributed by atoms with van der Waals surface area (Å²) in [6.07, 6.45) is 1.22. The van der Waals surface area contributed by atoms with E-state index in [2.05, 4.69) is 10.3 Å². The molecule has 2 N–H and O–H groups in total. The number of hydrogen-bond acceptors (Lipinski definition) is 5. The zero-order chi connectivity index (χ0) is 13.1. The van der Waals surface area contributed by atoms with E-state index in [4.69, 9.17) is 5.11 Å². The average molecular weight is 247 g/mol. The third-order valence-electron chi connectivity index (χ3n) is 2.03. The molecule has 0 aliphatic rings. The van der Waals surface area contributed by atoms with Gasteiger partial charge in [-0.2, -0.15) is 0 Å². The molecule has 0 atom stereocenters. The summed E-state index contributed by atoms with van der Waals surface area (Å²) in [7, 11) is 0. The van der Waals surface area contributed by atoms with Crippen molar-refractivity contribution in [3.63, 3.8) is 0 Å². The van der Waals surface area contributed by atoms with Gasteiger partial charge < -0.3 is 10.4 Å². The Morgan fingerprint density at radius 2 is 2.29 bits per heavy atom. The van der Waals surface area contributed by atoms with E-state index in [-0.39, 0.29) is 11.5 Å². The predicted molar refractivity (Wildman–Crippen MR) is 56.2 cm³/mol. The number of pyridine rings is 1. The topological polar surface area (TPSA) is 88.3 Å². The quantitative estimate of drug-likeness (QED) is 0.605. The van der Waals surface area contributed by atoms with Crippen LogP contribution < -0.4 is 5.32 Å². The van der Waals surface area contributed by atoms with Crippen molar-refractivity contribution < 1.29 is 18.8 Å². The SMILES string of the molecule is Cc1cnc(NCC(F)(F)CO)cc1[N+](=O)[O-]. The van der Waals surface area contributed by atoms with Gasteiger partial charge in [-0.15, -0.1) is 0 Å². The van der Waals surface area contributed by atoms with E-state index in [1.165, 1.54) is 13.1 Å². The molecule has 8 heteroatoms. The molecule has 0 aromatic carbocycles. The zero-order valence-corrected chi connectivity index (χ0v) is 8.98. The second-order valence-electron chi connectivity index (χ2n) is 3.48. The molecule has 0 fully saturated rings. The van der Waals surface area contributed by atoms with Gasteiger partial charge in [0.05, 0.1) is 17.5 Å². The number of nitrogens with zero attached hydrogens (tertiary/aromatic N) is 2. The van der Waals surface area contributed by atoms with E-state index >= 15 is 0 Å². The van der Waals surface area contributed by atoms with Crippen molar-refractivity contribution in [1.82, 2.24) is 4.98 Å². The number of aromatic nitrogens is 1. The van der Waals surface area contributed by atoms with Crippen molar-refractivity contribution >= 4 is 11.5 Å². The number of nitrogens with one attached hydrogen (secondary N) is 1. The highest BCUT2D eigenvalue weighted by molar-refractivity contribution is 5.48. The Morgan fingerprint density at radius 3 is 2.82 bits per heavy atom. The molecule has 1 aromatic heterocycles. The molecule has 0 spiro atoms. The first-order chi connectivity index (χ1) is 7.85. The molecule has 1 aromatic rings. The summed E-state index contributed by atoms with van der Waals surface area (Å²) in [5, 5.41) is 21.2. The summed E-state index contributed by atoms with van der Waals surface area (Å²) >= 11 is 0. The fraction of sp³-hybridized carbons (Fsp3) is 0.444. The lowest BCUT2D eigenvalue weighted by Gasteiger charge is -2.14. The first-order valence-electron chi connectivity index (χ1n) is 4.69. The van der Waals surface area contributed by atoms with Crippen LogP contribution in [-0.4, -0.2) is 34.1 Å². The number of halogens is 2. The molecular weight excluding hydrogens is 236 g/mol. The molecule has 0 saturated heterocycles. The summed E-state index contributed by atoms with van der Waals surface area (Å²) in [5.41, 5.74) is 0.143. The van der Waals surface area contributed by atoms with E-state index in [1.807, 2.05) is 0 Å². The van der Waals surface area contributed by atoms with Crippen molar-refractivity contribution in [3.05, 3.63) is 27.9 Å². The molecule has 0 aliphatic carbocycles. The fourth-order valence-electron chi connectivity index (χ4n) is 1.08. The predicted octanol–water partition coefficient (Wildman–Crippen LogP) is 1.34. The fourth-order valence-corrected chi connectivity index (χ4v) is 1.08. The van der Waals surface area contributed by atoms with Crippen LogP contribution in [0.1, 0.15) is 5.56 Å². The smallest absolute Gasteiger partial charge is 0.287 e. The summed E-state index contributed by atoms with van der Waals surface area (Å²) in [6.45, 7) is -0.637. The van der Waals surface area contributed by atoms with Gasteiger partial charge in [-0.25, -0.2) is 13.8 Å². The molecular formula is C9H11F2N3O3. The Morgan fingerprint density at radius 1 is 1.65 bits per heavy atom. The standard InChI is InChI=1S/C9H11F2N3O3/c1-6-3-12-8(2-7(6)14(16)17)13-4-9(10,11)5-15/h2-3,15H,4-5H2,1H3,(H,12,13). The highest BCUT2D eigenvalue weighted by Crippen LogP contribution is 2.21. The largest absolute Gasteiger partial charge is 0.390 e. The van der Waals surface area contributed by atoms with Gasteiger partial charge in [0, 0.05) is 11.8 Å². The molecule has 0 amide bonds. The van der Waals surface area contributed by atoms with Gasteiger partial charge in [-0.3, -0.25) is 10.1 Å². The molecule has 0 radical (unpaired) electrons. The van der Waals surface area contributed by atoms with E-state index < -0.39 is 24.0 Å². The summed E-state index contributed by atoms with van der Waals surface area (Å²) < 4.78 is 25.4. The van der Waals surface area contributed by atoms with Gasteiger partial charge in [0.1, 0.15) is 12.4 Å². The second-order valence-corrected chi connectivity index (χ2v) is 3.48. The minimum Gasteiger partial charge on any atom is -0.390 e. The van der Waals surface area contributed by atoms with Crippen LogP contribution in [0.4, 0.5) is 20.3 Å². The van der Waals surface area contributed by atoms with Crippen LogP contribution in [0.3, 0.4) is 0 Å². The summed E-state index contributed by atoms with van der Waals surface area (Å²) in [6, 6.07) is 1.07. The van der Waals surface area contributed by atoms with Crippen molar-refractivity contribution in [2.45, 2.75) is 12.8 Å². The first kappa shape index (κ1) is 13.2. The van der Waals surface area contributed by atoms with E-state index in [0.29, 0.717) is 5.56 Å². The lowest BCUT2D eigenvalue weighted by Crippen LogP contribution is -2.31. The van der Waals surface area contributed by atoms with Crippen molar-refractivity contribution in [2.24, 2.45) is 0 Å². The number of hydrogen-bond donors (Lipinski definition) is 2. The minimum absolute atomic E-state index is 0.0320.